The molecule has 0 aromatic carbocycles. The van der Waals surface area contributed by atoms with Crippen LogP contribution in [0, 0.1) is 17.8 Å². The number of hydrogen-bond acceptors (Lipinski definition) is 10. The van der Waals surface area contributed by atoms with Crippen LogP contribution in [0.5, 0.6) is 0 Å². The van der Waals surface area contributed by atoms with Gasteiger partial charge in [0, 0.05) is 13.7 Å². The number of amides is 2. The van der Waals surface area contributed by atoms with E-state index in [1.165, 1.54) is 0 Å². The molecule has 14 nitrogen and oxygen atoms in total. The summed E-state index contributed by atoms with van der Waals surface area (Å²) in [7, 11) is 1.67. The van der Waals surface area contributed by atoms with Gasteiger partial charge >= 0.3 is 18.2 Å². The van der Waals surface area contributed by atoms with E-state index in [1.54, 1.807) is 48.7 Å². The summed E-state index contributed by atoms with van der Waals surface area (Å²) in [4.78, 5) is 40.2. The minimum atomic E-state index is -1.88. The lowest BCUT2D eigenvalue weighted by Crippen LogP contribution is -2.49. The summed E-state index contributed by atoms with van der Waals surface area (Å²) in [5.74, 6) is -1.47. The van der Waals surface area contributed by atoms with Crippen LogP contribution in [0.1, 0.15) is 81.6 Å². The Morgan fingerprint density at radius 3 is 2.10 bits per heavy atom. The molecule has 8 unspecified atom stereocenters. The molecule has 0 spiro atoms. The second kappa shape index (κ2) is 16.4. The third-order valence-corrected chi connectivity index (χ3v) is 8.33. The summed E-state index contributed by atoms with van der Waals surface area (Å²) in [6.45, 7) is 16.1. The predicted octanol–water partition coefficient (Wildman–Crippen LogP) is 2.87. The van der Waals surface area contributed by atoms with Crippen LogP contribution in [0.2, 0.25) is 0 Å². The van der Waals surface area contributed by atoms with Crippen molar-refractivity contribution in [3.05, 3.63) is 0 Å². The number of carboxylic acid groups (broad SMARTS) is 1. The Balaban J connectivity index is 2.95. The summed E-state index contributed by atoms with van der Waals surface area (Å²) in [5.41, 5.74) is 0.855. The molecule has 0 aromatic rings. The second-order valence-electron chi connectivity index (χ2n) is 12.7. The number of aliphatic hydroxyl groups excluding tert-OH is 1. The van der Waals surface area contributed by atoms with Gasteiger partial charge in [0.25, 0.3) is 0 Å². The van der Waals surface area contributed by atoms with Crippen LogP contribution >= 0.6 is 0 Å². The number of ether oxygens (including phenoxy) is 3. The third kappa shape index (κ3) is 13.2. The Morgan fingerprint density at radius 2 is 1.57 bits per heavy atom. The Kier molecular flexibility index (Phi) is 14.6. The number of aliphatic carboxylic acids is 1. The fourth-order valence-electron chi connectivity index (χ4n) is 4.62. The molecule has 1 aliphatic carbocycles. The average molecular weight is 623 g/mol. The van der Waals surface area contributed by atoms with Crippen LogP contribution in [0.15, 0.2) is 4.99 Å². The van der Waals surface area contributed by atoms with Gasteiger partial charge in [-0.25, -0.2) is 24.1 Å². The minimum Gasteiger partial charge on any atom is -0.479 e. The maximum atomic E-state index is 13.2. The van der Waals surface area contributed by atoms with E-state index < -0.39 is 52.6 Å². The molecule has 0 aliphatic heterocycles. The lowest BCUT2D eigenvalue weighted by molar-refractivity contribution is -0.148. The van der Waals surface area contributed by atoms with Gasteiger partial charge in [-0.15, -0.1) is 0 Å². The highest BCUT2D eigenvalue weighted by molar-refractivity contribution is 7.80. The molecule has 0 aromatic heterocycles. The number of carbonyl (C=O) groups is 3. The second-order valence-corrected chi connectivity index (χ2v) is 13.9. The van der Waals surface area contributed by atoms with E-state index >= 15 is 0 Å². The molecule has 8 atom stereocenters. The fraction of sp³-hybridized carbons (Fsp3) is 0.852. The molecule has 1 fully saturated rings. The number of carbonyl (C=O) groups excluding carboxylic acids is 2. The van der Waals surface area contributed by atoms with Gasteiger partial charge < -0.3 is 29.7 Å². The van der Waals surface area contributed by atoms with Gasteiger partial charge in [-0.2, -0.15) is 4.28 Å². The van der Waals surface area contributed by atoms with Crippen LogP contribution < -0.4 is 16.1 Å². The normalized spacial score (nSPS) is 25.5. The molecule has 15 heteroatoms. The molecule has 1 aliphatic rings. The molecule has 1 rings (SSSR count). The average Bonchev–Trinajstić information content (AvgIpc) is 2.83. The van der Waals surface area contributed by atoms with Crippen LogP contribution in [-0.4, -0.2) is 86.9 Å². The van der Waals surface area contributed by atoms with E-state index in [-0.39, 0.29) is 54.5 Å². The largest absolute Gasteiger partial charge is 0.479 e. The molecule has 5 N–H and O–H groups in total. The van der Waals surface area contributed by atoms with Gasteiger partial charge in [-0.1, -0.05) is 20.8 Å². The van der Waals surface area contributed by atoms with E-state index in [4.69, 9.17) is 18.5 Å². The molecule has 0 heterocycles. The summed E-state index contributed by atoms with van der Waals surface area (Å²) in [5, 5.41) is 23.8. The zero-order valence-electron chi connectivity index (χ0n) is 26.4. The first-order valence-corrected chi connectivity index (χ1v) is 15.2. The maximum absolute atomic E-state index is 13.2. The van der Waals surface area contributed by atoms with Crippen LogP contribution in [0.25, 0.3) is 0 Å². The number of nitrogens with one attached hydrogen (secondary N) is 3. The first-order valence-electron chi connectivity index (χ1n) is 14.1. The monoisotopic (exact) mass is 622 g/mol. The highest BCUT2D eigenvalue weighted by Crippen LogP contribution is 2.38. The SMILES string of the molecule is COC1CC(C)C(S(=O)ONC(=NCCCC(NC(=O)OC(C)(C)C)C(O)C(=O)O)NC(=O)OC(C)(C)C)C(C)C1C. The topological polar surface area (TPSA) is 194 Å². The highest BCUT2D eigenvalue weighted by Gasteiger charge is 2.42. The Bertz CT molecular complexity index is 966. The Labute approximate surface area is 251 Å². The number of hydroxylamine groups is 1. The van der Waals surface area contributed by atoms with Gasteiger partial charge in [0.2, 0.25) is 5.96 Å². The van der Waals surface area contributed by atoms with Gasteiger partial charge in [0.1, 0.15) is 11.2 Å². The summed E-state index contributed by atoms with van der Waals surface area (Å²) < 4.78 is 34.7. The zero-order valence-corrected chi connectivity index (χ0v) is 27.2. The molecular weight excluding hydrogens is 572 g/mol. The van der Waals surface area contributed by atoms with Crippen molar-refractivity contribution >= 4 is 35.2 Å². The van der Waals surface area contributed by atoms with Crippen molar-refractivity contribution in [2.45, 2.75) is 116 Å². The zero-order chi connectivity index (χ0) is 32.4. The molecular formula is C27H50N4O10S. The summed E-state index contributed by atoms with van der Waals surface area (Å²) in [6, 6.07) is -1.17. The number of alkyl carbamates (subject to hydrolysis) is 2. The molecule has 42 heavy (non-hydrogen) atoms. The van der Waals surface area contributed by atoms with Gasteiger partial charge in [0.15, 0.2) is 17.2 Å². The maximum Gasteiger partial charge on any atom is 0.414 e. The van der Waals surface area contributed by atoms with E-state index in [1.807, 2.05) is 20.8 Å². The van der Waals surface area contributed by atoms with Crippen molar-refractivity contribution in [2.24, 2.45) is 22.7 Å². The van der Waals surface area contributed by atoms with Crippen molar-refractivity contribution in [3.63, 3.8) is 0 Å². The number of nitrogens with zero attached hydrogens (tertiary/aromatic N) is 1. The smallest absolute Gasteiger partial charge is 0.414 e. The molecule has 2 amide bonds. The lowest BCUT2D eigenvalue weighted by Gasteiger charge is -2.41. The number of aliphatic hydroxyl groups is 1. The molecule has 244 valence electrons. The van der Waals surface area contributed by atoms with Crippen molar-refractivity contribution in [1.29, 1.82) is 0 Å². The molecule has 0 radical (unpaired) electrons. The lowest BCUT2D eigenvalue weighted by atomic mass is 9.74. The van der Waals surface area contributed by atoms with Gasteiger partial charge in [-0.3, -0.25) is 10.3 Å². The van der Waals surface area contributed by atoms with Crippen LogP contribution in [-0.2, 0) is 34.4 Å². The standard InChI is InChI=1S/C27H50N4O10S/c1-15-14-19(38-10)16(2)17(3)21(15)42(37)41-31-23(30-25(36)40-27(7,8)9)28-13-11-12-18(20(32)22(33)34)29-24(35)39-26(4,5)6/h15-21,32H,11-14H2,1-10H3,(H,29,35)(H,33,34)(H2,28,30,31,36). The van der Waals surface area contributed by atoms with Crippen LogP contribution in [0.3, 0.4) is 0 Å². The van der Waals surface area contributed by atoms with Gasteiger partial charge in [0.05, 0.1) is 17.4 Å². The fourth-order valence-corrected chi connectivity index (χ4v) is 5.98. The third-order valence-electron chi connectivity index (χ3n) is 6.74. The number of hydrogen-bond donors (Lipinski definition) is 5. The summed E-state index contributed by atoms with van der Waals surface area (Å²) in [6.07, 6.45) is -2.62. The number of rotatable bonds is 11. The quantitative estimate of drug-likeness (QED) is 0.0984. The van der Waals surface area contributed by atoms with E-state index in [0.717, 1.165) is 6.42 Å². The van der Waals surface area contributed by atoms with E-state index in [9.17, 15) is 28.8 Å². The van der Waals surface area contributed by atoms with E-state index in [2.05, 4.69) is 21.1 Å². The molecule has 0 saturated heterocycles. The van der Waals surface area contributed by atoms with Crippen molar-refractivity contribution in [2.75, 3.05) is 13.7 Å². The Hall–Kier alpha value is -2.49. The first-order chi connectivity index (χ1) is 19.3. The van der Waals surface area contributed by atoms with Crippen molar-refractivity contribution in [1.82, 2.24) is 16.1 Å². The van der Waals surface area contributed by atoms with E-state index in [0.29, 0.717) is 0 Å². The van der Waals surface area contributed by atoms with Crippen LogP contribution in [0.4, 0.5) is 9.59 Å². The number of methoxy groups -OCH3 is 1. The number of aliphatic imine (C=N–C) groups is 1. The van der Waals surface area contributed by atoms with Crippen molar-refractivity contribution in [3.8, 4) is 0 Å². The molecule has 0 bridgehead atoms. The highest BCUT2D eigenvalue weighted by atomic mass is 32.2. The summed E-state index contributed by atoms with van der Waals surface area (Å²) >= 11 is -1.80. The minimum absolute atomic E-state index is 0.00967. The predicted molar refractivity (Wildman–Crippen MR) is 157 cm³/mol. The van der Waals surface area contributed by atoms with Crippen molar-refractivity contribution < 1.29 is 47.3 Å². The first kappa shape index (κ1) is 37.5. The molecule has 1 saturated carbocycles. The van der Waals surface area contributed by atoms with Gasteiger partial charge in [-0.05, 0) is 78.6 Å². The number of carboxylic acids is 1. The Morgan fingerprint density at radius 1 is 1.00 bits per heavy atom. The number of guanidine groups is 1.